The fourth-order valence-electron chi connectivity index (χ4n) is 2.56. The summed E-state index contributed by atoms with van der Waals surface area (Å²) in [6.45, 7) is 4.40. The lowest BCUT2D eigenvalue weighted by Crippen LogP contribution is -2.23. The number of hydrogen-bond acceptors (Lipinski definition) is 4. The van der Waals surface area contributed by atoms with Crippen LogP contribution in [0.25, 0.3) is 12.2 Å². The average molecular weight is 327 g/mol. The van der Waals surface area contributed by atoms with Crippen molar-refractivity contribution < 1.29 is 14.3 Å². The molecular formula is C20H25NO3. The Balaban J connectivity index is 1.94. The van der Waals surface area contributed by atoms with Crippen LogP contribution in [0.4, 0.5) is 5.69 Å². The third kappa shape index (κ3) is 5.39. The lowest BCUT2D eigenvalue weighted by atomic mass is 10.1. The molecule has 0 saturated carbocycles. The number of benzene rings is 1. The largest absolute Gasteiger partial charge is 0.454 e. The molecule has 0 saturated heterocycles. The molecule has 0 radical (unpaired) electrons. The Kier molecular flexibility index (Phi) is 7.30. The number of aldehydes is 1. The minimum atomic E-state index is 0.275. The number of hydrogen-bond donors (Lipinski definition) is 1. The van der Waals surface area contributed by atoms with E-state index < -0.39 is 0 Å². The van der Waals surface area contributed by atoms with E-state index in [9.17, 15) is 4.79 Å². The molecule has 4 heteroatoms. The number of aliphatic hydroxyl groups is 1. The summed E-state index contributed by atoms with van der Waals surface area (Å²) in [5.41, 5.74) is 2.29. The monoisotopic (exact) mass is 327 g/mol. The third-order valence-corrected chi connectivity index (χ3v) is 3.93. The molecular weight excluding hydrogens is 302 g/mol. The topological polar surface area (TPSA) is 53.7 Å². The molecule has 128 valence electrons. The van der Waals surface area contributed by atoms with E-state index in [0.717, 1.165) is 37.9 Å². The van der Waals surface area contributed by atoms with Crippen LogP contribution >= 0.6 is 0 Å². The third-order valence-electron chi connectivity index (χ3n) is 3.93. The molecule has 2 aromatic rings. The first-order chi connectivity index (χ1) is 11.8. The Morgan fingerprint density at radius 2 is 1.75 bits per heavy atom. The summed E-state index contributed by atoms with van der Waals surface area (Å²) in [6, 6.07) is 11.8. The summed E-state index contributed by atoms with van der Waals surface area (Å²) >= 11 is 0. The van der Waals surface area contributed by atoms with E-state index in [1.165, 1.54) is 5.69 Å². The smallest absolute Gasteiger partial charge is 0.185 e. The maximum absolute atomic E-state index is 10.6. The van der Waals surface area contributed by atoms with Crippen LogP contribution < -0.4 is 4.90 Å². The number of furan rings is 1. The van der Waals surface area contributed by atoms with Gasteiger partial charge in [0.1, 0.15) is 5.76 Å². The maximum Gasteiger partial charge on any atom is 0.185 e. The van der Waals surface area contributed by atoms with Gasteiger partial charge in [0, 0.05) is 25.4 Å². The fourth-order valence-corrected chi connectivity index (χ4v) is 2.56. The molecule has 1 aromatic heterocycles. The Labute approximate surface area is 143 Å². The molecule has 0 fully saturated rings. The van der Waals surface area contributed by atoms with Crippen molar-refractivity contribution in [1.29, 1.82) is 0 Å². The number of nitrogens with zero attached hydrogens (tertiary/aromatic N) is 1. The fraction of sp³-hybridized carbons (Fsp3) is 0.350. The summed E-state index contributed by atoms with van der Waals surface area (Å²) in [5, 5.41) is 8.84. The van der Waals surface area contributed by atoms with Gasteiger partial charge < -0.3 is 14.4 Å². The number of rotatable bonds is 10. The van der Waals surface area contributed by atoms with Gasteiger partial charge >= 0.3 is 0 Å². The van der Waals surface area contributed by atoms with Crippen LogP contribution in [0.3, 0.4) is 0 Å². The van der Waals surface area contributed by atoms with Gasteiger partial charge in [-0.25, -0.2) is 0 Å². The first kappa shape index (κ1) is 18.0. The van der Waals surface area contributed by atoms with Gasteiger partial charge in [-0.3, -0.25) is 4.79 Å². The lowest BCUT2D eigenvalue weighted by molar-refractivity contribution is 0.110. The van der Waals surface area contributed by atoms with E-state index in [4.69, 9.17) is 9.52 Å². The number of carbonyl (C=O) groups excluding carboxylic acids is 1. The van der Waals surface area contributed by atoms with E-state index in [2.05, 4.69) is 36.1 Å². The Hall–Kier alpha value is -2.33. The highest BCUT2D eigenvalue weighted by Crippen LogP contribution is 2.18. The molecule has 24 heavy (non-hydrogen) atoms. The van der Waals surface area contributed by atoms with Gasteiger partial charge in [-0.1, -0.05) is 18.2 Å². The van der Waals surface area contributed by atoms with Crippen LogP contribution in [0, 0.1) is 0 Å². The zero-order valence-corrected chi connectivity index (χ0v) is 14.1. The molecule has 4 nitrogen and oxygen atoms in total. The highest BCUT2D eigenvalue weighted by molar-refractivity contribution is 5.73. The molecule has 0 amide bonds. The van der Waals surface area contributed by atoms with Crippen LogP contribution in [-0.2, 0) is 0 Å². The van der Waals surface area contributed by atoms with E-state index in [1.54, 1.807) is 12.1 Å². The lowest BCUT2D eigenvalue weighted by Gasteiger charge is -2.23. The van der Waals surface area contributed by atoms with E-state index in [0.29, 0.717) is 17.8 Å². The first-order valence-electron chi connectivity index (χ1n) is 8.45. The Bertz CT molecular complexity index is 643. The van der Waals surface area contributed by atoms with Gasteiger partial charge in [-0.2, -0.15) is 0 Å². The molecule has 0 aliphatic rings. The van der Waals surface area contributed by atoms with Crippen LogP contribution in [0.5, 0.6) is 0 Å². The summed E-state index contributed by atoms with van der Waals surface area (Å²) in [5.74, 6) is 1.00. The van der Waals surface area contributed by atoms with Crippen molar-refractivity contribution in [2.75, 3.05) is 24.6 Å². The molecule has 0 bridgehead atoms. The second kappa shape index (κ2) is 9.73. The zero-order chi connectivity index (χ0) is 17.2. The summed E-state index contributed by atoms with van der Waals surface area (Å²) < 4.78 is 5.32. The van der Waals surface area contributed by atoms with Crippen molar-refractivity contribution in [3.05, 3.63) is 53.5 Å². The Morgan fingerprint density at radius 1 is 1.00 bits per heavy atom. The summed E-state index contributed by atoms with van der Waals surface area (Å²) in [7, 11) is 0. The minimum Gasteiger partial charge on any atom is -0.454 e. The SMILES string of the molecule is CCN(CCCCCO)c1ccc(C=Cc2ccc(C=O)o2)cc1. The van der Waals surface area contributed by atoms with Crippen molar-refractivity contribution in [3.8, 4) is 0 Å². The van der Waals surface area contributed by atoms with Crippen molar-refractivity contribution in [2.45, 2.75) is 26.2 Å². The molecule has 0 aliphatic carbocycles. The van der Waals surface area contributed by atoms with Crippen LogP contribution in [0.2, 0.25) is 0 Å². The molecule has 0 spiro atoms. The predicted molar refractivity (Wildman–Crippen MR) is 98.3 cm³/mol. The van der Waals surface area contributed by atoms with Crippen molar-refractivity contribution in [2.24, 2.45) is 0 Å². The van der Waals surface area contributed by atoms with Crippen LogP contribution in [0.15, 0.2) is 40.8 Å². The van der Waals surface area contributed by atoms with E-state index in [-0.39, 0.29) is 6.61 Å². The van der Waals surface area contributed by atoms with Gasteiger partial charge in [0.2, 0.25) is 0 Å². The van der Waals surface area contributed by atoms with Gasteiger partial charge in [0.25, 0.3) is 0 Å². The van der Waals surface area contributed by atoms with Gasteiger partial charge in [-0.15, -0.1) is 0 Å². The molecule has 1 aromatic carbocycles. The number of aliphatic hydroxyl groups excluding tert-OH is 1. The van der Waals surface area contributed by atoms with Crippen molar-refractivity contribution >= 4 is 24.1 Å². The second-order valence-electron chi connectivity index (χ2n) is 5.65. The normalized spacial score (nSPS) is 11.1. The Morgan fingerprint density at radius 3 is 2.38 bits per heavy atom. The van der Waals surface area contributed by atoms with E-state index >= 15 is 0 Å². The van der Waals surface area contributed by atoms with Crippen molar-refractivity contribution in [3.63, 3.8) is 0 Å². The average Bonchev–Trinajstić information content (AvgIpc) is 3.09. The molecule has 0 atom stereocenters. The highest BCUT2D eigenvalue weighted by Gasteiger charge is 2.03. The number of anilines is 1. The van der Waals surface area contributed by atoms with Crippen LogP contribution in [0.1, 0.15) is 48.1 Å². The minimum absolute atomic E-state index is 0.275. The molecule has 1 heterocycles. The molecule has 2 rings (SSSR count). The first-order valence-corrected chi connectivity index (χ1v) is 8.45. The zero-order valence-electron chi connectivity index (χ0n) is 14.1. The number of unbranched alkanes of at least 4 members (excludes halogenated alkanes) is 2. The van der Waals surface area contributed by atoms with Gasteiger partial charge in [0.15, 0.2) is 12.0 Å². The van der Waals surface area contributed by atoms with Gasteiger partial charge in [0.05, 0.1) is 0 Å². The number of carbonyl (C=O) groups is 1. The maximum atomic E-state index is 10.6. The molecule has 1 N–H and O–H groups in total. The quantitative estimate of drug-likeness (QED) is 0.523. The van der Waals surface area contributed by atoms with Crippen molar-refractivity contribution in [1.82, 2.24) is 0 Å². The van der Waals surface area contributed by atoms with Crippen LogP contribution in [-0.4, -0.2) is 31.1 Å². The summed E-state index contributed by atoms with van der Waals surface area (Å²) in [6.07, 6.45) is 7.54. The standard InChI is InChI=1S/C20H25NO3/c1-2-21(14-4-3-5-15-22)18-9-6-17(7-10-18)8-11-19-12-13-20(16-23)24-19/h6-13,16,22H,2-5,14-15H2,1H3. The summed E-state index contributed by atoms with van der Waals surface area (Å²) in [4.78, 5) is 12.9. The predicted octanol–water partition coefficient (Wildman–Crippen LogP) is 4.25. The second-order valence-corrected chi connectivity index (χ2v) is 5.65. The molecule has 0 unspecified atom stereocenters. The molecule has 0 aliphatic heterocycles. The highest BCUT2D eigenvalue weighted by atomic mass is 16.3. The van der Waals surface area contributed by atoms with E-state index in [1.807, 2.05) is 12.2 Å². The van der Waals surface area contributed by atoms with Gasteiger partial charge in [-0.05, 0) is 62.1 Å².